The summed E-state index contributed by atoms with van der Waals surface area (Å²) < 4.78 is 5.09. The average Bonchev–Trinajstić information content (AvgIpc) is 3.19. The third kappa shape index (κ3) is 3.41. The van der Waals surface area contributed by atoms with Crippen molar-refractivity contribution in [3.63, 3.8) is 0 Å². The van der Waals surface area contributed by atoms with E-state index >= 15 is 0 Å². The van der Waals surface area contributed by atoms with Crippen molar-refractivity contribution in [1.82, 2.24) is 10.2 Å². The van der Waals surface area contributed by atoms with Gasteiger partial charge in [-0.05, 0) is 62.8 Å². The zero-order valence-electron chi connectivity index (χ0n) is 16.8. The van der Waals surface area contributed by atoms with Gasteiger partial charge in [0.1, 0.15) is 12.1 Å². The zero-order valence-corrected chi connectivity index (χ0v) is 16.8. The van der Waals surface area contributed by atoms with Crippen LogP contribution in [0.2, 0.25) is 0 Å². The van der Waals surface area contributed by atoms with Gasteiger partial charge in [-0.15, -0.1) is 0 Å². The summed E-state index contributed by atoms with van der Waals surface area (Å²) in [6.45, 7) is 6.76. The second-order valence-corrected chi connectivity index (χ2v) is 7.83. The number of esters is 1. The summed E-state index contributed by atoms with van der Waals surface area (Å²) in [5.41, 5.74) is 3.52. The minimum absolute atomic E-state index is 0.295. The highest BCUT2D eigenvalue weighted by Crippen LogP contribution is 2.34. The molecule has 1 saturated heterocycles. The Morgan fingerprint density at radius 3 is 2.36 bits per heavy atom. The van der Waals surface area contributed by atoms with Crippen LogP contribution in [0.25, 0.3) is 0 Å². The Labute approximate surface area is 164 Å². The lowest BCUT2D eigenvalue weighted by atomic mass is 9.92. The van der Waals surface area contributed by atoms with Crippen molar-refractivity contribution >= 4 is 23.7 Å². The molecule has 7 heteroatoms. The second-order valence-electron chi connectivity index (χ2n) is 7.83. The van der Waals surface area contributed by atoms with E-state index < -0.39 is 30.7 Å². The van der Waals surface area contributed by atoms with E-state index in [1.807, 2.05) is 33.8 Å². The van der Waals surface area contributed by atoms with Crippen molar-refractivity contribution < 1.29 is 23.9 Å². The van der Waals surface area contributed by atoms with E-state index in [0.717, 1.165) is 40.0 Å². The fourth-order valence-electron chi connectivity index (χ4n) is 4.24. The molecule has 1 saturated carbocycles. The topological polar surface area (TPSA) is 92.8 Å². The van der Waals surface area contributed by atoms with Crippen molar-refractivity contribution in [2.75, 3.05) is 13.2 Å². The largest absolute Gasteiger partial charge is 0.456 e. The third-order valence-electron chi connectivity index (χ3n) is 5.99. The molecule has 28 heavy (non-hydrogen) atoms. The number of hydrogen-bond acceptors (Lipinski definition) is 5. The molecule has 1 aromatic carbocycles. The van der Waals surface area contributed by atoms with E-state index in [4.69, 9.17) is 4.74 Å². The van der Waals surface area contributed by atoms with Crippen LogP contribution < -0.4 is 5.32 Å². The number of aryl methyl sites for hydroxylation is 2. The number of carbonyl (C=O) groups is 4. The van der Waals surface area contributed by atoms with E-state index in [9.17, 15) is 19.2 Å². The molecule has 0 atom stereocenters. The number of nitrogens with zero attached hydrogens (tertiary/aromatic N) is 1. The first-order valence-corrected chi connectivity index (χ1v) is 9.56. The third-order valence-corrected chi connectivity index (χ3v) is 5.99. The van der Waals surface area contributed by atoms with E-state index in [1.165, 1.54) is 0 Å². The predicted octanol–water partition coefficient (Wildman–Crippen LogP) is 2.51. The molecule has 0 aromatic heterocycles. The first-order chi connectivity index (χ1) is 13.2. The van der Waals surface area contributed by atoms with Gasteiger partial charge in [-0.2, -0.15) is 0 Å². The number of amides is 3. The van der Waals surface area contributed by atoms with Gasteiger partial charge in [-0.3, -0.25) is 19.3 Å². The van der Waals surface area contributed by atoms with Gasteiger partial charge >= 0.3 is 12.0 Å². The molecule has 150 valence electrons. The number of nitrogens with one attached hydrogen (secondary N) is 1. The van der Waals surface area contributed by atoms with E-state index in [-0.39, 0.29) is 11.7 Å². The molecule has 7 nitrogen and oxygen atoms in total. The maximum absolute atomic E-state index is 12.6. The molecule has 0 radical (unpaired) electrons. The minimum atomic E-state index is -0.860. The lowest BCUT2D eigenvalue weighted by Gasteiger charge is -2.19. The van der Waals surface area contributed by atoms with Crippen LogP contribution in [-0.2, 0) is 14.3 Å². The van der Waals surface area contributed by atoms with E-state index in [2.05, 4.69) is 5.32 Å². The molecule has 1 N–H and O–H groups in total. The molecule has 3 rings (SSSR count). The lowest BCUT2D eigenvalue weighted by molar-refractivity contribution is -0.146. The summed E-state index contributed by atoms with van der Waals surface area (Å²) >= 11 is 0. The monoisotopic (exact) mass is 386 g/mol. The predicted molar refractivity (Wildman–Crippen MR) is 102 cm³/mol. The Balaban J connectivity index is 1.62. The molecule has 0 bridgehead atoms. The number of imide groups is 1. The van der Waals surface area contributed by atoms with Crippen LogP contribution in [0.3, 0.4) is 0 Å². The van der Waals surface area contributed by atoms with Crippen LogP contribution >= 0.6 is 0 Å². The van der Waals surface area contributed by atoms with Crippen molar-refractivity contribution in [3.8, 4) is 0 Å². The quantitative estimate of drug-likeness (QED) is 0.477. The molecular weight excluding hydrogens is 360 g/mol. The number of ether oxygens (including phenoxy) is 1. The lowest BCUT2D eigenvalue weighted by Crippen LogP contribution is -2.44. The van der Waals surface area contributed by atoms with Gasteiger partial charge < -0.3 is 10.1 Å². The van der Waals surface area contributed by atoms with Gasteiger partial charge in [-0.25, -0.2) is 4.79 Å². The van der Waals surface area contributed by atoms with Crippen molar-refractivity contribution in [2.45, 2.75) is 58.9 Å². The van der Waals surface area contributed by atoms with Crippen molar-refractivity contribution in [3.05, 3.63) is 33.9 Å². The Morgan fingerprint density at radius 2 is 1.71 bits per heavy atom. The number of benzene rings is 1. The molecule has 3 amide bonds. The summed E-state index contributed by atoms with van der Waals surface area (Å²) in [7, 11) is 0. The Bertz CT molecular complexity index is 868. The molecule has 0 unspecified atom stereocenters. The van der Waals surface area contributed by atoms with Crippen LogP contribution in [0.5, 0.6) is 0 Å². The van der Waals surface area contributed by atoms with E-state index in [1.54, 1.807) is 0 Å². The fourth-order valence-corrected chi connectivity index (χ4v) is 4.24. The highest BCUT2D eigenvalue weighted by atomic mass is 16.5. The van der Waals surface area contributed by atoms with E-state index in [0.29, 0.717) is 18.4 Å². The fraction of sp³-hybridized carbons (Fsp3) is 0.524. The SMILES string of the molecule is Cc1cc(C)c(C(=O)COC(=O)CN2C(=O)NC3(CCCC3)C2=O)c(C)c1C. The van der Waals surface area contributed by atoms with Crippen LogP contribution in [0.1, 0.15) is 58.3 Å². The van der Waals surface area contributed by atoms with Gasteiger partial charge in [0.25, 0.3) is 5.91 Å². The first kappa shape index (κ1) is 20.0. The molecule has 2 aliphatic rings. The zero-order chi connectivity index (χ0) is 20.6. The Kier molecular flexibility index (Phi) is 5.28. The van der Waals surface area contributed by atoms with Gasteiger partial charge in [0, 0.05) is 5.56 Å². The Hall–Kier alpha value is -2.70. The van der Waals surface area contributed by atoms with Gasteiger partial charge in [0.15, 0.2) is 6.61 Å². The molecule has 1 aromatic rings. The van der Waals surface area contributed by atoms with Crippen LogP contribution in [0.4, 0.5) is 4.79 Å². The minimum Gasteiger partial charge on any atom is -0.456 e. The second kappa shape index (κ2) is 7.37. The van der Waals surface area contributed by atoms with Gasteiger partial charge in [0.05, 0.1) is 0 Å². The normalized spacial score (nSPS) is 17.9. The highest BCUT2D eigenvalue weighted by Gasteiger charge is 2.52. The smallest absolute Gasteiger partial charge is 0.326 e. The maximum atomic E-state index is 12.6. The first-order valence-electron chi connectivity index (χ1n) is 9.56. The van der Waals surface area contributed by atoms with Crippen molar-refractivity contribution in [2.24, 2.45) is 0 Å². The molecule has 1 aliphatic heterocycles. The summed E-state index contributed by atoms with van der Waals surface area (Å²) in [6, 6.07) is 1.36. The molecule has 1 spiro atoms. The number of rotatable bonds is 5. The molecule has 1 aliphatic carbocycles. The molecule has 1 heterocycles. The van der Waals surface area contributed by atoms with Crippen LogP contribution in [0.15, 0.2) is 6.07 Å². The summed E-state index contributed by atoms with van der Waals surface area (Å²) in [6.07, 6.45) is 2.92. The number of hydrogen-bond donors (Lipinski definition) is 1. The van der Waals surface area contributed by atoms with Crippen LogP contribution in [0, 0.1) is 27.7 Å². The van der Waals surface area contributed by atoms with Gasteiger partial charge in [-0.1, -0.05) is 18.9 Å². The van der Waals surface area contributed by atoms with Gasteiger partial charge in [0.2, 0.25) is 5.78 Å². The number of urea groups is 1. The van der Waals surface area contributed by atoms with Crippen LogP contribution in [-0.4, -0.2) is 47.3 Å². The number of Topliss-reactive ketones (excluding diaryl/α,β-unsaturated/α-hetero) is 1. The molecular formula is C21H26N2O5. The maximum Gasteiger partial charge on any atom is 0.326 e. The highest BCUT2D eigenvalue weighted by molar-refractivity contribution is 6.09. The Morgan fingerprint density at radius 1 is 1.07 bits per heavy atom. The number of ketones is 1. The molecule has 2 fully saturated rings. The average molecular weight is 386 g/mol. The summed E-state index contributed by atoms with van der Waals surface area (Å²) in [5.74, 6) is -1.44. The summed E-state index contributed by atoms with van der Waals surface area (Å²) in [5, 5.41) is 2.71. The standard InChI is InChI=1S/C21H26N2O5/c1-12-9-13(2)18(15(4)14(12)3)16(24)11-28-17(25)10-23-19(26)21(22-20(23)27)7-5-6-8-21/h9H,5-8,10-11H2,1-4H3,(H,22,27). The number of carbonyl (C=O) groups excluding carboxylic acids is 4. The van der Waals surface area contributed by atoms with Crippen molar-refractivity contribution in [1.29, 1.82) is 0 Å². The summed E-state index contributed by atoms with van der Waals surface area (Å²) in [4.78, 5) is 50.3.